The first-order chi connectivity index (χ1) is 17.3. The molecular weight excluding hydrogens is 474 g/mol. The van der Waals surface area contributed by atoms with Crippen LogP contribution in [0.3, 0.4) is 0 Å². The van der Waals surface area contributed by atoms with Crippen molar-refractivity contribution in [3.63, 3.8) is 0 Å². The Hall–Kier alpha value is -3.45. The van der Waals surface area contributed by atoms with Gasteiger partial charge in [-0.25, -0.2) is 9.98 Å². The smallest absolute Gasteiger partial charge is 0.302 e. The van der Waals surface area contributed by atoms with Crippen molar-refractivity contribution in [1.29, 1.82) is 0 Å². The van der Waals surface area contributed by atoms with Gasteiger partial charge < -0.3 is 15.0 Å². The van der Waals surface area contributed by atoms with Gasteiger partial charge in [-0.1, -0.05) is 63.2 Å². The third-order valence-electron chi connectivity index (χ3n) is 4.98. The van der Waals surface area contributed by atoms with Crippen LogP contribution in [0.5, 0.6) is 0 Å². The highest BCUT2D eigenvalue weighted by Crippen LogP contribution is 2.17. The molecule has 3 rings (SSSR count). The summed E-state index contributed by atoms with van der Waals surface area (Å²) in [5, 5.41) is 0.123. The van der Waals surface area contributed by atoms with Crippen molar-refractivity contribution in [1.82, 2.24) is 14.5 Å². The van der Waals surface area contributed by atoms with E-state index in [-0.39, 0.29) is 17.0 Å². The summed E-state index contributed by atoms with van der Waals surface area (Å²) in [4.78, 5) is 23.0. The molecule has 0 atom stereocenters. The summed E-state index contributed by atoms with van der Waals surface area (Å²) < 4.78 is 6.84. The van der Waals surface area contributed by atoms with E-state index in [1.54, 1.807) is 6.33 Å². The van der Waals surface area contributed by atoms with Crippen molar-refractivity contribution < 1.29 is 9.53 Å². The number of hydrogen-bond acceptors (Lipinski definition) is 5. The summed E-state index contributed by atoms with van der Waals surface area (Å²) in [5.74, 6) is -0.00227. The number of rotatable bonds is 9. The van der Waals surface area contributed by atoms with E-state index in [2.05, 4.69) is 52.7 Å². The molecule has 0 saturated carbocycles. The second kappa shape index (κ2) is 17.1. The summed E-state index contributed by atoms with van der Waals surface area (Å²) in [6.45, 7) is 14.1. The fraction of sp³-hybridized carbons (Fsp3) is 0.357. The number of esters is 1. The number of nitrogens with two attached hydrogens (primary N) is 1. The average Bonchev–Trinajstić information content (AvgIpc) is 3.25. The van der Waals surface area contributed by atoms with Crippen molar-refractivity contribution in [2.45, 2.75) is 60.4 Å². The number of aliphatic imine (C=N–C) groups is 1. The summed E-state index contributed by atoms with van der Waals surface area (Å²) in [7, 11) is 0. The van der Waals surface area contributed by atoms with Gasteiger partial charge >= 0.3 is 5.97 Å². The number of aryl methyl sites for hydroxylation is 2. The van der Waals surface area contributed by atoms with Crippen molar-refractivity contribution in [2.24, 2.45) is 10.7 Å². The third kappa shape index (κ3) is 10.9. The molecule has 36 heavy (non-hydrogen) atoms. The number of nitrogens with zero attached hydrogens (tertiary/aromatic N) is 4. The van der Waals surface area contributed by atoms with Gasteiger partial charge in [0.15, 0.2) is 5.84 Å². The van der Waals surface area contributed by atoms with Gasteiger partial charge in [-0.2, -0.15) is 0 Å². The van der Waals surface area contributed by atoms with Gasteiger partial charge in [0.25, 0.3) is 0 Å². The topological polar surface area (TPSA) is 95.4 Å². The van der Waals surface area contributed by atoms with Gasteiger partial charge in [0.2, 0.25) is 0 Å². The molecule has 0 radical (unpaired) electrons. The second-order valence-electron chi connectivity index (χ2n) is 7.56. The van der Waals surface area contributed by atoms with E-state index in [0.29, 0.717) is 12.3 Å². The first kappa shape index (κ1) is 30.6. The lowest BCUT2D eigenvalue weighted by atomic mass is 10.1. The molecule has 0 aliphatic carbocycles. The second-order valence-corrected chi connectivity index (χ2v) is 8.00. The Morgan fingerprint density at radius 2 is 1.92 bits per heavy atom. The van der Waals surface area contributed by atoms with Gasteiger partial charge in [0, 0.05) is 30.9 Å². The molecule has 7 nitrogen and oxygen atoms in total. The van der Waals surface area contributed by atoms with Crippen LogP contribution in [0.2, 0.25) is 0 Å². The number of aromatic nitrogens is 3. The van der Waals surface area contributed by atoms with Crippen LogP contribution in [0.1, 0.15) is 57.5 Å². The molecule has 0 unspecified atom stereocenters. The SMILES string of the molecule is C=C(Cl)/N=C(/N)c1ncn(CCCCOC(C)=O)c1C.CC.CCc1cccc(-c2ccccn2)c1. The first-order valence-corrected chi connectivity index (χ1v) is 12.5. The van der Waals surface area contributed by atoms with Crippen LogP contribution >= 0.6 is 11.6 Å². The summed E-state index contributed by atoms with van der Waals surface area (Å²) in [5.41, 5.74) is 10.9. The Bertz CT molecular complexity index is 1110. The Balaban J connectivity index is 0.000000353. The minimum atomic E-state index is -0.253. The number of benzene rings is 1. The number of unbranched alkanes of at least 4 members (excludes halogenated alkanes) is 1. The maximum absolute atomic E-state index is 10.6. The molecule has 3 aromatic rings. The summed E-state index contributed by atoms with van der Waals surface area (Å²) in [6.07, 6.45) is 6.28. The number of pyridine rings is 1. The zero-order valence-corrected chi connectivity index (χ0v) is 22.8. The number of halogens is 1. The highest BCUT2D eigenvalue weighted by atomic mass is 35.5. The molecule has 2 N–H and O–H groups in total. The highest BCUT2D eigenvalue weighted by molar-refractivity contribution is 6.29. The number of carbonyl (C=O) groups is 1. The largest absolute Gasteiger partial charge is 0.466 e. The van der Waals surface area contributed by atoms with Crippen LogP contribution in [0.15, 0.2) is 71.7 Å². The van der Waals surface area contributed by atoms with Crippen molar-refractivity contribution in [3.8, 4) is 11.3 Å². The lowest BCUT2D eigenvalue weighted by Crippen LogP contribution is -2.15. The van der Waals surface area contributed by atoms with Crippen molar-refractivity contribution in [3.05, 3.63) is 83.7 Å². The van der Waals surface area contributed by atoms with Gasteiger partial charge in [0.1, 0.15) is 10.9 Å². The van der Waals surface area contributed by atoms with E-state index in [1.165, 1.54) is 18.1 Å². The predicted molar refractivity (Wildman–Crippen MR) is 149 cm³/mol. The molecule has 194 valence electrons. The Morgan fingerprint density at radius 3 is 2.53 bits per heavy atom. The zero-order valence-electron chi connectivity index (χ0n) is 22.0. The maximum atomic E-state index is 10.6. The zero-order chi connectivity index (χ0) is 26.9. The highest BCUT2D eigenvalue weighted by Gasteiger charge is 2.10. The fourth-order valence-electron chi connectivity index (χ4n) is 3.19. The normalized spacial score (nSPS) is 10.4. The molecule has 2 aromatic heterocycles. The van der Waals surface area contributed by atoms with Gasteiger partial charge in [-0.05, 0) is 49.9 Å². The van der Waals surface area contributed by atoms with E-state index < -0.39 is 0 Å². The molecule has 0 fully saturated rings. The molecule has 1 aromatic carbocycles. The quantitative estimate of drug-likeness (QED) is 0.120. The standard InChI is InChI=1S/C13H19ClN4O2.C13H13N.C2H6/c1-9-12(13(15)17-10(2)14)16-8-18(9)6-4-5-7-20-11(3)19;1-2-11-6-5-7-12(10-11)13-8-3-4-9-14-13;1-2/h8H,2,4-7H2,1,3H3,(H2,15,17);3-10H,2H2,1H3;1-2H3. The molecule has 0 bridgehead atoms. The third-order valence-corrected chi connectivity index (χ3v) is 5.06. The molecule has 0 aliphatic heterocycles. The molecule has 0 spiro atoms. The molecule has 8 heteroatoms. The molecule has 2 heterocycles. The van der Waals surface area contributed by atoms with E-state index in [1.807, 2.05) is 49.7 Å². The first-order valence-electron chi connectivity index (χ1n) is 12.2. The lowest BCUT2D eigenvalue weighted by molar-refractivity contribution is -0.141. The van der Waals surface area contributed by atoms with Crippen LogP contribution < -0.4 is 5.73 Å². The number of carbonyl (C=O) groups excluding carboxylic acids is 1. The Kier molecular flexibility index (Phi) is 14.5. The predicted octanol–water partition coefficient (Wildman–Crippen LogP) is 6.29. The van der Waals surface area contributed by atoms with E-state index >= 15 is 0 Å². The minimum absolute atomic E-state index is 0.123. The van der Waals surface area contributed by atoms with E-state index in [9.17, 15) is 4.79 Å². The van der Waals surface area contributed by atoms with Gasteiger partial charge in [-0.15, -0.1) is 0 Å². The number of amidine groups is 1. The Morgan fingerprint density at radius 1 is 1.17 bits per heavy atom. The summed E-state index contributed by atoms with van der Waals surface area (Å²) in [6, 6.07) is 14.5. The summed E-state index contributed by atoms with van der Waals surface area (Å²) >= 11 is 5.59. The van der Waals surface area contributed by atoms with Crippen LogP contribution in [0, 0.1) is 6.92 Å². The minimum Gasteiger partial charge on any atom is -0.466 e. The molecule has 0 saturated heterocycles. The van der Waals surface area contributed by atoms with Crippen LogP contribution in [0.4, 0.5) is 0 Å². The van der Waals surface area contributed by atoms with Crippen LogP contribution in [0.25, 0.3) is 11.3 Å². The maximum Gasteiger partial charge on any atom is 0.302 e. The van der Waals surface area contributed by atoms with Crippen molar-refractivity contribution in [2.75, 3.05) is 6.61 Å². The fourth-order valence-corrected chi connectivity index (χ4v) is 3.28. The molecule has 0 aliphatic rings. The average molecular weight is 512 g/mol. The van der Waals surface area contributed by atoms with Crippen LogP contribution in [-0.2, 0) is 22.5 Å². The number of hydrogen-bond donors (Lipinski definition) is 1. The lowest BCUT2D eigenvalue weighted by Gasteiger charge is -2.06. The molecular formula is C28H38ClN5O2. The Labute approximate surface area is 220 Å². The monoisotopic (exact) mass is 511 g/mol. The van der Waals surface area contributed by atoms with Crippen LogP contribution in [-0.4, -0.2) is 32.9 Å². The number of imidazole rings is 1. The number of ether oxygens (including phenoxy) is 1. The van der Waals surface area contributed by atoms with Gasteiger partial charge in [-0.3, -0.25) is 9.78 Å². The van der Waals surface area contributed by atoms with E-state index in [0.717, 1.165) is 37.2 Å². The van der Waals surface area contributed by atoms with Gasteiger partial charge in [0.05, 0.1) is 18.6 Å². The van der Waals surface area contributed by atoms with Crippen molar-refractivity contribution >= 4 is 23.4 Å². The molecule has 0 amide bonds. The van der Waals surface area contributed by atoms with E-state index in [4.69, 9.17) is 22.1 Å².